The Balaban J connectivity index is 1.54. The number of nitrogens with zero attached hydrogens (tertiary/aromatic N) is 4. The van der Waals surface area contributed by atoms with Crippen LogP contribution in [-0.2, 0) is 17.8 Å². The molecule has 2 aromatic heterocycles. The molecule has 7 heteroatoms. The van der Waals surface area contributed by atoms with Gasteiger partial charge in [-0.3, -0.25) is 4.79 Å². The fourth-order valence-corrected chi connectivity index (χ4v) is 3.89. The van der Waals surface area contributed by atoms with Crippen molar-refractivity contribution in [3.63, 3.8) is 0 Å². The minimum Gasteiger partial charge on any atom is -0.493 e. The number of amides is 1. The first-order chi connectivity index (χ1) is 13.7. The lowest BCUT2D eigenvalue weighted by molar-refractivity contribution is -0.117. The molecule has 0 bridgehead atoms. The van der Waals surface area contributed by atoms with E-state index in [1.165, 1.54) is 11.3 Å². The molecular weight excluding hydrogens is 372 g/mol. The number of thiazole rings is 1. The van der Waals surface area contributed by atoms with E-state index in [0.29, 0.717) is 17.2 Å². The molecule has 0 radical (unpaired) electrons. The van der Waals surface area contributed by atoms with Gasteiger partial charge in [0.25, 0.3) is 5.91 Å². The van der Waals surface area contributed by atoms with E-state index in [9.17, 15) is 9.90 Å². The summed E-state index contributed by atoms with van der Waals surface area (Å²) in [7, 11) is 0. The third kappa shape index (κ3) is 3.44. The number of rotatable bonds is 5. The first-order valence-electron chi connectivity index (χ1n) is 8.92. The van der Waals surface area contributed by atoms with Gasteiger partial charge in [0.2, 0.25) is 5.88 Å². The summed E-state index contributed by atoms with van der Waals surface area (Å²) in [5.41, 5.74) is 3.02. The van der Waals surface area contributed by atoms with Crippen LogP contribution in [-0.4, -0.2) is 20.6 Å². The van der Waals surface area contributed by atoms with Crippen molar-refractivity contribution < 1.29 is 9.90 Å². The monoisotopic (exact) mass is 390 g/mol. The van der Waals surface area contributed by atoms with E-state index < -0.39 is 5.91 Å². The molecule has 0 aliphatic carbocycles. The predicted octanol–water partition coefficient (Wildman–Crippen LogP) is 5.34. The molecule has 2 heterocycles. The first kappa shape index (κ1) is 18.1. The van der Waals surface area contributed by atoms with Gasteiger partial charge in [-0.25, -0.2) is 4.98 Å². The Morgan fingerprint density at radius 3 is 2.68 bits per heavy atom. The summed E-state index contributed by atoms with van der Waals surface area (Å²) in [5, 5.41) is 21.7. The van der Waals surface area contributed by atoms with Crippen LogP contribution in [0.5, 0.6) is 5.88 Å². The second-order valence-electron chi connectivity index (χ2n) is 6.20. The predicted molar refractivity (Wildman–Crippen MR) is 110 cm³/mol. The van der Waals surface area contributed by atoms with E-state index in [1.807, 2.05) is 66.9 Å². The van der Waals surface area contributed by atoms with E-state index in [0.717, 1.165) is 22.2 Å². The van der Waals surface area contributed by atoms with Crippen molar-refractivity contribution in [2.24, 2.45) is 10.2 Å². The highest BCUT2D eigenvalue weighted by atomic mass is 32.1. The van der Waals surface area contributed by atoms with Crippen LogP contribution in [0.15, 0.2) is 70.2 Å². The quantitative estimate of drug-likeness (QED) is 0.467. The number of benzene rings is 2. The Bertz CT molecular complexity index is 1160. The van der Waals surface area contributed by atoms with Gasteiger partial charge in [0.15, 0.2) is 5.69 Å². The molecule has 2 aromatic carbocycles. The number of carbonyl (C=O) groups excluding carboxylic acids is 1. The molecule has 0 unspecified atom stereocenters. The summed E-state index contributed by atoms with van der Waals surface area (Å²) < 4.78 is 1.74. The number of azo groups is 1. The average Bonchev–Trinajstić information content (AvgIpc) is 3.29. The van der Waals surface area contributed by atoms with Crippen LogP contribution >= 0.6 is 11.3 Å². The van der Waals surface area contributed by atoms with Crippen molar-refractivity contribution >= 4 is 33.8 Å². The molecule has 1 N–H and O–H groups in total. The molecule has 0 fully saturated rings. The van der Waals surface area contributed by atoms with Crippen LogP contribution in [0.1, 0.15) is 11.9 Å². The van der Waals surface area contributed by atoms with Gasteiger partial charge in [-0.2, -0.15) is 0 Å². The van der Waals surface area contributed by atoms with Gasteiger partial charge in [0.1, 0.15) is 5.01 Å². The molecule has 0 saturated carbocycles. The smallest absolute Gasteiger partial charge is 0.271 e. The van der Waals surface area contributed by atoms with Crippen molar-refractivity contribution in [2.45, 2.75) is 19.9 Å². The van der Waals surface area contributed by atoms with Gasteiger partial charge >= 0.3 is 0 Å². The Morgan fingerprint density at radius 1 is 1.14 bits per heavy atom. The average molecular weight is 390 g/mol. The zero-order valence-electron chi connectivity index (χ0n) is 15.2. The molecule has 6 nitrogen and oxygen atoms in total. The second-order valence-corrected chi connectivity index (χ2v) is 7.14. The summed E-state index contributed by atoms with van der Waals surface area (Å²) in [6.45, 7) is 2.53. The number of carbonyl (C=O) groups is 1. The number of para-hydroxylation sites is 1. The summed E-state index contributed by atoms with van der Waals surface area (Å²) in [5.74, 6) is -0.387. The Kier molecular flexibility index (Phi) is 4.99. The molecule has 140 valence electrons. The van der Waals surface area contributed by atoms with Gasteiger partial charge in [-0.1, -0.05) is 48.5 Å². The summed E-state index contributed by atoms with van der Waals surface area (Å²) in [6, 6.07) is 17.3. The lowest BCUT2D eigenvalue weighted by Gasteiger charge is -2.00. The lowest BCUT2D eigenvalue weighted by atomic mass is 10.2. The summed E-state index contributed by atoms with van der Waals surface area (Å²) in [4.78, 5) is 16.8. The van der Waals surface area contributed by atoms with Crippen LogP contribution in [0.3, 0.4) is 0 Å². The Hall–Kier alpha value is -3.32. The van der Waals surface area contributed by atoms with Crippen molar-refractivity contribution in [1.82, 2.24) is 9.55 Å². The van der Waals surface area contributed by atoms with Crippen LogP contribution in [0.25, 0.3) is 22.2 Å². The molecule has 0 spiro atoms. The van der Waals surface area contributed by atoms with Gasteiger partial charge in [0, 0.05) is 22.9 Å². The zero-order chi connectivity index (χ0) is 19.5. The molecule has 0 aliphatic rings. The molecular formula is C21H18N4O2S. The highest BCUT2D eigenvalue weighted by Gasteiger charge is 2.16. The Labute approximate surface area is 165 Å². The Morgan fingerprint density at radius 2 is 1.89 bits per heavy atom. The molecule has 0 saturated heterocycles. The van der Waals surface area contributed by atoms with Crippen LogP contribution in [0, 0.1) is 0 Å². The van der Waals surface area contributed by atoms with Gasteiger partial charge in [-0.05, 0) is 13.0 Å². The molecule has 4 aromatic rings. The number of aromatic nitrogens is 2. The number of aryl methyl sites for hydroxylation is 1. The standard InChI is InChI=1S/C21H18N4O2S/c1-2-25-17-11-7-6-10-15(17)20(21(25)27)24-23-18(26)12-19-22-16(13-28-19)14-8-4-3-5-9-14/h3-11,13,27H,2,12H2,1H3. The fourth-order valence-electron chi connectivity index (χ4n) is 3.09. The van der Waals surface area contributed by atoms with Crippen molar-refractivity contribution in [2.75, 3.05) is 0 Å². The minimum absolute atomic E-state index is 0.0147. The normalized spacial score (nSPS) is 11.5. The van der Waals surface area contributed by atoms with E-state index in [-0.39, 0.29) is 12.3 Å². The van der Waals surface area contributed by atoms with Crippen LogP contribution in [0.4, 0.5) is 5.69 Å². The summed E-state index contributed by atoms with van der Waals surface area (Å²) >= 11 is 1.42. The first-order valence-corrected chi connectivity index (χ1v) is 9.80. The highest BCUT2D eigenvalue weighted by molar-refractivity contribution is 7.10. The number of hydrogen-bond acceptors (Lipinski definition) is 5. The van der Waals surface area contributed by atoms with E-state index in [2.05, 4.69) is 15.2 Å². The molecule has 0 aliphatic heterocycles. The topological polar surface area (TPSA) is 79.8 Å². The molecule has 0 atom stereocenters. The van der Waals surface area contributed by atoms with E-state index >= 15 is 0 Å². The van der Waals surface area contributed by atoms with Crippen LogP contribution < -0.4 is 0 Å². The number of fused-ring (bicyclic) bond motifs is 1. The SMILES string of the molecule is CCn1c(O)c(N=NC(=O)Cc2nc(-c3ccccc3)cs2)c2ccccc21. The summed E-state index contributed by atoms with van der Waals surface area (Å²) in [6.07, 6.45) is 0.0776. The maximum Gasteiger partial charge on any atom is 0.271 e. The minimum atomic E-state index is -0.401. The van der Waals surface area contributed by atoms with Crippen molar-refractivity contribution in [3.05, 3.63) is 65.0 Å². The lowest BCUT2D eigenvalue weighted by Crippen LogP contribution is -1.97. The largest absolute Gasteiger partial charge is 0.493 e. The van der Waals surface area contributed by atoms with Gasteiger partial charge in [-0.15, -0.1) is 21.6 Å². The van der Waals surface area contributed by atoms with Crippen molar-refractivity contribution in [3.8, 4) is 17.1 Å². The number of hydrogen-bond donors (Lipinski definition) is 1. The molecule has 1 amide bonds. The molecule has 4 rings (SSSR count). The van der Waals surface area contributed by atoms with E-state index in [1.54, 1.807) is 4.57 Å². The van der Waals surface area contributed by atoms with Gasteiger partial charge in [0.05, 0.1) is 17.6 Å². The highest BCUT2D eigenvalue weighted by Crippen LogP contribution is 2.38. The van der Waals surface area contributed by atoms with E-state index in [4.69, 9.17) is 0 Å². The maximum absolute atomic E-state index is 12.3. The number of aromatic hydroxyl groups is 1. The molecule has 28 heavy (non-hydrogen) atoms. The zero-order valence-corrected chi connectivity index (χ0v) is 16.1. The second kappa shape index (κ2) is 7.74. The third-order valence-electron chi connectivity index (χ3n) is 4.42. The fraction of sp³-hybridized carbons (Fsp3) is 0.143. The third-order valence-corrected chi connectivity index (χ3v) is 5.27. The van der Waals surface area contributed by atoms with Gasteiger partial charge < -0.3 is 9.67 Å². The van der Waals surface area contributed by atoms with Crippen molar-refractivity contribution in [1.29, 1.82) is 0 Å². The maximum atomic E-state index is 12.3. The van der Waals surface area contributed by atoms with Crippen LogP contribution in [0.2, 0.25) is 0 Å².